The van der Waals surface area contributed by atoms with Crippen LogP contribution in [-0.4, -0.2) is 25.1 Å². The number of aryl methyl sites for hydroxylation is 1. The maximum Gasteiger partial charge on any atom is 0.261 e. The zero-order valence-corrected chi connectivity index (χ0v) is 16.9. The van der Waals surface area contributed by atoms with Crippen LogP contribution in [0.3, 0.4) is 0 Å². The second kappa shape index (κ2) is 7.88. The molecular weight excluding hydrogens is 416 g/mol. The second-order valence-electron chi connectivity index (χ2n) is 5.52. The van der Waals surface area contributed by atoms with E-state index in [4.69, 9.17) is 9.47 Å². The Hall–Kier alpha value is -2.38. The van der Waals surface area contributed by atoms with E-state index in [0.29, 0.717) is 16.4 Å². The van der Waals surface area contributed by atoms with E-state index in [1.165, 1.54) is 11.3 Å². The number of methoxy groups -OCH3 is 2. The van der Waals surface area contributed by atoms with Crippen molar-refractivity contribution in [1.82, 2.24) is 4.98 Å². The van der Waals surface area contributed by atoms with Crippen molar-refractivity contribution >= 4 is 38.3 Å². The average molecular weight is 433 g/mol. The molecule has 0 unspecified atom stereocenters. The summed E-state index contributed by atoms with van der Waals surface area (Å²) in [7, 11) is 3.18. The van der Waals surface area contributed by atoms with Gasteiger partial charge in [-0.15, -0.1) is 11.3 Å². The molecule has 7 heteroatoms. The molecular formula is C19H17BrN2O3S. The molecule has 1 aromatic heterocycles. The monoisotopic (exact) mass is 432 g/mol. The van der Waals surface area contributed by atoms with Gasteiger partial charge in [0.2, 0.25) is 0 Å². The molecule has 26 heavy (non-hydrogen) atoms. The molecule has 1 heterocycles. The fraction of sp³-hybridized carbons (Fsp3) is 0.158. The highest BCUT2D eigenvalue weighted by Crippen LogP contribution is 2.30. The van der Waals surface area contributed by atoms with Crippen LogP contribution in [-0.2, 0) is 0 Å². The van der Waals surface area contributed by atoms with Crippen LogP contribution in [0.25, 0.3) is 11.3 Å². The number of halogens is 1. The molecule has 0 bridgehead atoms. The van der Waals surface area contributed by atoms with Crippen molar-refractivity contribution < 1.29 is 14.3 Å². The van der Waals surface area contributed by atoms with Crippen molar-refractivity contribution in [2.75, 3.05) is 19.5 Å². The third kappa shape index (κ3) is 3.89. The number of benzene rings is 2. The normalized spacial score (nSPS) is 10.5. The molecule has 0 fully saturated rings. The molecule has 0 atom stereocenters. The molecule has 0 saturated carbocycles. The van der Waals surface area contributed by atoms with E-state index in [1.807, 2.05) is 42.6 Å². The van der Waals surface area contributed by atoms with Gasteiger partial charge in [-0.2, -0.15) is 0 Å². The highest BCUT2D eigenvalue weighted by molar-refractivity contribution is 9.10. The summed E-state index contributed by atoms with van der Waals surface area (Å²) in [5, 5.41) is 5.27. The maximum atomic E-state index is 12.7. The van der Waals surface area contributed by atoms with Gasteiger partial charge in [-0.25, -0.2) is 4.98 Å². The summed E-state index contributed by atoms with van der Waals surface area (Å²) in [5.74, 6) is 1.08. The van der Waals surface area contributed by atoms with Crippen LogP contribution in [0.15, 0.2) is 46.3 Å². The van der Waals surface area contributed by atoms with Gasteiger partial charge in [-0.1, -0.05) is 15.9 Å². The first-order valence-electron chi connectivity index (χ1n) is 7.77. The highest BCUT2D eigenvalue weighted by atomic mass is 79.9. The van der Waals surface area contributed by atoms with E-state index < -0.39 is 0 Å². The Morgan fingerprint density at radius 1 is 1.15 bits per heavy atom. The smallest absolute Gasteiger partial charge is 0.261 e. The zero-order valence-electron chi connectivity index (χ0n) is 14.5. The molecule has 1 amide bonds. The topological polar surface area (TPSA) is 60.5 Å². The molecule has 3 aromatic rings. The summed E-state index contributed by atoms with van der Waals surface area (Å²) >= 11 is 4.79. The van der Waals surface area contributed by atoms with Gasteiger partial charge in [0.25, 0.3) is 5.91 Å². The summed E-state index contributed by atoms with van der Waals surface area (Å²) < 4.78 is 11.4. The highest BCUT2D eigenvalue weighted by Gasteiger charge is 2.17. The fourth-order valence-corrected chi connectivity index (χ4v) is 3.85. The Morgan fingerprint density at radius 3 is 2.54 bits per heavy atom. The standard InChI is InChI=1S/C19H17BrN2O3S/c1-11-8-13(20)9-15(17(11)25-3)18(23)22-19-21-16(10-26-19)12-4-6-14(24-2)7-5-12/h4-10H,1-3H3,(H,21,22,23). The minimum atomic E-state index is -0.262. The van der Waals surface area contributed by atoms with Crippen LogP contribution in [0.4, 0.5) is 5.13 Å². The van der Waals surface area contributed by atoms with Crippen molar-refractivity contribution in [3.05, 3.63) is 57.4 Å². The minimum Gasteiger partial charge on any atom is -0.497 e. The van der Waals surface area contributed by atoms with E-state index >= 15 is 0 Å². The lowest BCUT2D eigenvalue weighted by Gasteiger charge is -2.11. The Bertz CT molecular complexity index is 938. The molecule has 0 aliphatic carbocycles. The molecule has 0 aliphatic heterocycles. The Balaban J connectivity index is 1.82. The number of ether oxygens (including phenoxy) is 2. The Labute approximate surface area is 164 Å². The van der Waals surface area contributed by atoms with E-state index in [1.54, 1.807) is 20.3 Å². The number of carbonyl (C=O) groups excluding carboxylic acids is 1. The predicted molar refractivity (Wildman–Crippen MR) is 107 cm³/mol. The van der Waals surface area contributed by atoms with E-state index in [0.717, 1.165) is 27.0 Å². The van der Waals surface area contributed by atoms with E-state index in [9.17, 15) is 4.79 Å². The summed E-state index contributed by atoms with van der Waals surface area (Å²) in [6.07, 6.45) is 0. The molecule has 0 radical (unpaired) electrons. The lowest BCUT2D eigenvalue weighted by Crippen LogP contribution is -2.13. The van der Waals surface area contributed by atoms with Gasteiger partial charge in [-0.05, 0) is 48.9 Å². The third-order valence-electron chi connectivity index (χ3n) is 3.80. The van der Waals surface area contributed by atoms with Crippen LogP contribution >= 0.6 is 27.3 Å². The number of rotatable bonds is 5. The first-order valence-corrected chi connectivity index (χ1v) is 9.44. The third-order valence-corrected chi connectivity index (χ3v) is 5.01. The number of anilines is 1. The number of carbonyl (C=O) groups is 1. The predicted octanol–water partition coefficient (Wildman–Crippen LogP) is 5.15. The number of amides is 1. The van der Waals surface area contributed by atoms with Crippen LogP contribution in [0.5, 0.6) is 11.5 Å². The van der Waals surface area contributed by atoms with Crippen molar-refractivity contribution in [3.8, 4) is 22.8 Å². The van der Waals surface area contributed by atoms with Gasteiger partial charge in [0.15, 0.2) is 5.13 Å². The van der Waals surface area contributed by atoms with Crippen molar-refractivity contribution in [1.29, 1.82) is 0 Å². The first-order chi connectivity index (χ1) is 12.5. The molecule has 3 rings (SSSR count). The van der Waals surface area contributed by atoms with Gasteiger partial charge in [0.1, 0.15) is 11.5 Å². The Morgan fingerprint density at radius 2 is 1.88 bits per heavy atom. The first kappa shape index (κ1) is 18.4. The minimum absolute atomic E-state index is 0.262. The largest absolute Gasteiger partial charge is 0.497 e. The van der Waals surface area contributed by atoms with Gasteiger partial charge in [0.05, 0.1) is 25.5 Å². The molecule has 2 aromatic carbocycles. The Kier molecular flexibility index (Phi) is 5.58. The van der Waals surface area contributed by atoms with Crippen molar-refractivity contribution in [2.24, 2.45) is 0 Å². The van der Waals surface area contributed by atoms with Gasteiger partial charge in [-0.3, -0.25) is 10.1 Å². The summed E-state index contributed by atoms with van der Waals surface area (Å²) in [5.41, 5.74) is 3.09. The van der Waals surface area contributed by atoms with E-state index in [2.05, 4.69) is 26.2 Å². The summed E-state index contributed by atoms with van der Waals surface area (Å²) in [6, 6.07) is 11.3. The molecule has 0 aliphatic rings. The lowest BCUT2D eigenvalue weighted by atomic mass is 10.1. The second-order valence-corrected chi connectivity index (χ2v) is 7.30. The number of hydrogen-bond acceptors (Lipinski definition) is 5. The number of nitrogens with zero attached hydrogens (tertiary/aromatic N) is 1. The average Bonchev–Trinajstić information content (AvgIpc) is 3.09. The van der Waals surface area contributed by atoms with Crippen LogP contribution < -0.4 is 14.8 Å². The van der Waals surface area contributed by atoms with Crippen LogP contribution in [0.1, 0.15) is 15.9 Å². The number of nitrogens with one attached hydrogen (secondary N) is 1. The molecule has 0 saturated heterocycles. The molecule has 0 spiro atoms. The maximum absolute atomic E-state index is 12.7. The van der Waals surface area contributed by atoms with E-state index in [-0.39, 0.29) is 5.91 Å². The summed E-state index contributed by atoms with van der Waals surface area (Å²) in [4.78, 5) is 17.2. The van der Waals surface area contributed by atoms with Crippen molar-refractivity contribution in [3.63, 3.8) is 0 Å². The van der Waals surface area contributed by atoms with Crippen LogP contribution in [0.2, 0.25) is 0 Å². The lowest BCUT2D eigenvalue weighted by molar-refractivity contribution is 0.102. The van der Waals surface area contributed by atoms with Gasteiger partial charge >= 0.3 is 0 Å². The molecule has 1 N–H and O–H groups in total. The van der Waals surface area contributed by atoms with Gasteiger partial charge in [0, 0.05) is 15.4 Å². The zero-order chi connectivity index (χ0) is 18.7. The molecule has 5 nitrogen and oxygen atoms in total. The quantitative estimate of drug-likeness (QED) is 0.605. The molecule has 134 valence electrons. The fourth-order valence-electron chi connectivity index (χ4n) is 2.56. The van der Waals surface area contributed by atoms with Crippen LogP contribution in [0, 0.1) is 6.92 Å². The summed E-state index contributed by atoms with van der Waals surface area (Å²) in [6.45, 7) is 1.89. The number of thiazole rings is 1. The van der Waals surface area contributed by atoms with Crippen molar-refractivity contribution in [2.45, 2.75) is 6.92 Å². The number of hydrogen-bond donors (Lipinski definition) is 1. The number of aromatic nitrogens is 1. The SMILES string of the molecule is COc1ccc(-c2csc(NC(=O)c3cc(Br)cc(C)c3OC)n2)cc1. The van der Waals surface area contributed by atoms with Gasteiger partial charge < -0.3 is 9.47 Å².